The van der Waals surface area contributed by atoms with Crippen molar-refractivity contribution in [2.24, 2.45) is 5.92 Å². The van der Waals surface area contributed by atoms with Crippen LogP contribution in [0, 0.1) is 5.92 Å². The van der Waals surface area contributed by atoms with E-state index >= 15 is 0 Å². The molecule has 0 radical (unpaired) electrons. The smallest absolute Gasteiger partial charge is 0.324 e. The van der Waals surface area contributed by atoms with Crippen molar-refractivity contribution in [1.29, 1.82) is 0 Å². The quantitative estimate of drug-likeness (QED) is 0.797. The molecule has 2 fully saturated rings. The molecule has 1 heterocycles. The lowest BCUT2D eigenvalue weighted by Gasteiger charge is -2.36. The van der Waals surface area contributed by atoms with Gasteiger partial charge in [-0.15, -0.1) is 0 Å². The average molecular weight is 393 g/mol. The lowest BCUT2D eigenvalue weighted by atomic mass is 9.85. The summed E-state index contributed by atoms with van der Waals surface area (Å²) >= 11 is 0. The minimum atomic E-state index is -0.00610. The molecule has 3 amide bonds. The molecule has 1 aliphatic carbocycles. The normalized spacial score (nSPS) is 17.1. The topological polar surface area (TPSA) is 61.9 Å². The summed E-state index contributed by atoms with van der Waals surface area (Å²) in [5.41, 5.74) is 2.63. The number of methoxy groups -OCH3 is 1. The summed E-state index contributed by atoms with van der Waals surface area (Å²) in [6.07, 6.45) is 4.00. The molecule has 4 rings (SSSR count). The van der Waals surface area contributed by atoms with Crippen molar-refractivity contribution in [1.82, 2.24) is 4.90 Å². The molecule has 0 aromatic heterocycles. The second-order valence-corrected chi connectivity index (χ2v) is 7.69. The van der Waals surface area contributed by atoms with Crippen LogP contribution in [0.4, 0.5) is 16.2 Å². The van der Waals surface area contributed by atoms with Gasteiger partial charge in [-0.25, -0.2) is 4.79 Å². The number of ether oxygens (including phenoxy) is 1. The highest BCUT2D eigenvalue weighted by Gasteiger charge is 2.28. The number of para-hydroxylation sites is 1. The first kappa shape index (κ1) is 19.3. The van der Waals surface area contributed by atoms with Gasteiger partial charge in [0, 0.05) is 35.9 Å². The van der Waals surface area contributed by atoms with Crippen molar-refractivity contribution in [3.63, 3.8) is 0 Å². The highest BCUT2D eigenvalue weighted by molar-refractivity contribution is 5.95. The predicted molar refractivity (Wildman–Crippen MR) is 113 cm³/mol. The van der Waals surface area contributed by atoms with Crippen LogP contribution >= 0.6 is 0 Å². The largest absolute Gasteiger partial charge is 0.496 e. The molecule has 0 unspecified atom stereocenters. The molecular weight excluding hydrogens is 366 g/mol. The van der Waals surface area contributed by atoms with E-state index in [1.54, 1.807) is 12.0 Å². The Morgan fingerprint density at radius 1 is 1.07 bits per heavy atom. The van der Waals surface area contributed by atoms with Crippen LogP contribution in [-0.2, 0) is 11.3 Å². The third kappa shape index (κ3) is 4.21. The number of nitrogens with one attached hydrogen (secondary N) is 1. The second kappa shape index (κ2) is 8.55. The van der Waals surface area contributed by atoms with E-state index in [1.165, 1.54) is 0 Å². The van der Waals surface area contributed by atoms with Crippen molar-refractivity contribution in [3.05, 3.63) is 54.1 Å². The van der Waals surface area contributed by atoms with Crippen LogP contribution in [0.2, 0.25) is 0 Å². The van der Waals surface area contributed by atoms with E-state index in [1.807, 2.05) is 53.4 Å². The molecule has 0 spiro atoms. The number of hydrogen-bond donors (Lipinski definition) is 1. The minimum absolute atomic E-state index is 0.00610. The Labute approximate surface area is 171 Å². The van der Waals surface area contributed by atoms with Crippen molar-refractivity contribution in [2.75, 3.05) is 30.4 Å². The monoisotopic (exact) mass is 393 g/mol. The molecular formula is C23H27N3O3. The Bertz CT molecular complexity index is 877. The zero-order valence-electron chi connectivity index (χ0n) is 16.8. The number of amides is 3. The summed E-state index contributed by atoms with van der Waals surface area (Å²) < 4.78 is 5.42. The number of anilines is 2. The van der Waals surface area contributed by atoms with E-state index in [2.05, 4.69) is 5.32 Å². The lowest BCUT2D eigenvalue weighted by molar-refractivity contribution is -0.122. The molecule has 1 aliphatic heterocycles. The van der Waals surface area contributed by atoms with Crippen LogP contribution in [0.3, 0.4) is 0 Å². The van der Waals surface area contributed by atoms with Gasteiger partial charge in [-0.1, -0.05) is 24.6 Å². The van der Waals surface area contributed by atoms with E-state index in [0.717, 1.165) is 54.9 Å². The number of benzene rings is 2. The highest BCUT2D eigenvalue weighted by atomic mass is 16.5. The van der Waals surface area contributed by atoms with Crippen molar-refractivity contribution in [2.45, 2.75) is 32.2 Å². The van der Waals surface area contributed by atoms with Crippen LogP contribution in [0.1, 0.15) is 31.2 Å². The van der Waals surface area contributed by atoms with Gasteiger partial charge in [0.15, 0.2) is 0 Å². The van der Waals surface area contributed by atoms with Gasteiger partial charge >= 0.3 is 6.03 Å². The second-order valence-electron chi connectivity index (χ2n) is 7.69. The van der Waals surface area contributed by atoms with Crippen molar-refractivity contribution >= 4 is 23.3 Å². The Hall–Kier alpha value is -3.02. The number of rotatable bonds is 6. The molecule has 29 heavy (non-hydrogen) atoms. The van der Waals surface area contributed by atoms with Gasteiger partial charge in [-0.3, -0.25) is 9.69 Å². The zero-order valence-corrected chi connectivity index (χ0v) is 16.8. The molecule has 1 saturated heterocycles. The van der Waals surface area contributed by atoms with E-state index in [-0.39, 0.29) is 17.9 Å². The van der Waals surface area contributed by atoms with Crippen LogP contribution in [0.15, 0.2) is 48.5 Å². The van der Waals surface area contributed by atoms with E-state index in [9.17, 15) is 9.59 Å². The maximum atomic E-state index is 13.1. The van der Waals surface area contributed by atoms with Gasteiger partial charge < -0.3 is 15.0 Å². The van der Waals surface area contributed by atoms with Crippen LogP contribution in [0.5, 0.6) is 5.75 Å². The minimum Gasteiger partial charge on any atom is -0.496 e. The number of hydrogen-bond acceptors (Lipinski definition) is 3. The summed E-state index contributed by atoms with van der Waals surface area (Å²) in [5, 5.41) is 2.97. The summed E-state index contributed by atoms with van der Waals surface area (Å²) in [4.78, 5) is 28.8. The SMILES string of the molecule is COc1ccccc1CN1CCCN(c2ccc(NC(=O)C3CCC3)cc2)C1=O. The fourth-order valence-corrected chi connectivity index (χ4v) is 3.85. The van der Waals surface area contributed by atoms with Gasteiger partial charge in [0.25, 0.3) is 0 Å². The molecule has 2 aromatic carbocycles. The van der Waals surface area contributed by atoms with Gasteiger partial charge in [-0.05, 0) is 49.6 Å². The Morgan fingerprint density at radius 2 is 1.83 bits per heavy atom. The summed E-state index contributed by atoms with van der Waals surface area (Å²) in [7, 11) is 1.65. The zero-order chi connectivity index (χ0) is 20.2. The first-order chi connectivity index (χ1) is 14.2. The summed E-state index contributed by atoms with van der Waals surface area (Å²) in [6, 6.07) is 15.3. The van der Waals surface area contributed by atoms with Crippen LogP contribution in [-0.4, -0.2) is 37.0 Å². The maximum Gasteiger partial charge on any atom is 0.324 e. The predicted octanol–water partition coefficient (Wildman–Crippen LogP) is 4.27. The Balaban J connectivity index is 1.42. The Morgan fingerprint density at radius 3 is 2.52 bits per heavy atom. The standard InChI is InChI=1S/C23H27N3O3/c1-29-21-9-3-2-6-18(21)16-25-14-5-15-26(23(25)28)20-12-10-19(11-13-20)24-22(27)17-7-4-8-17/h2-3,6,9-13,17H,4-5,7-8,14-16H2,1H3,(H,24,27). The van der Waals surface area contributed by atoms with Crippen LogP contribution < -0.4 is 15.0 Å². The molecule has 0 atom stereocenters. The molecule has 1 saturated carbocycles. The van der Waals surface area contributed by atoms with E-state index in [0.29, 0.717) is 13.1 Å². The van der Waals surface area contributed by atoms with E-state index < -0.39 is 0 Å². The van der Waals surface area contributed by atoms with Gasteiger partial charge in [0.1, 0.15) is 5.75 Å². The number of carbonyl (C=O) groups is 2. The molecule has 2 aliphatic rings. The first-order valence-electron chi connectivity index (χ1n) is 10.2. The maximum absolute atomic E-state index is 13.1. The molecule has 0 bridgehead atoms. The van der Waals surface area contributed by atoms with Crippen molar-refractivity contribution < 1.29 is 14.3 Å². The average Bonchev–Trinajstić information content (AvgIpc) is 2.69. The molecule has 2 aromatic rings. The number of urea groups is 1. The summed E-state index contributed by atoms with van der Waals surface area (Å²) in [5.74, 6) is 1.05. The fourth-order valence-electron chi connectivity index (χ4n) is 3.85. The highest BCUT2D eigenvalue weighted by Crippen LogP contribution is 2.29. The van der Waals surface area contributed by atoms with Crippen LogP contribution in [0.25, 0.3) is 0 Å². The number of nitrogens with zero attached hydrogens (tertiary/aromatic N) is 2. The molecule has 6 heteroatoms. The molecule has 1 N–H and O–H groups in total. The lowest BCUT2D eigenvalue weighted by Crippen LogP contribution is -2.49. The van der Waals surface area contributed by atoms with Gasteiger partial charge in [0.2, 0.25) is 5.91 Å². The Kier molecular flexibility index (Phi) is 5.69. The van der Waals surface area contributed by atoms with Gasteiger partial charge in [-0.2, -0.15) is 0 Å². The first-order valence-corrected chi connectivity index (χ1v) is 10.2. The third-order valence-electron chi connectivity index (χ3n) is 5.79. The molecule has 152 valence electrons. The molecule has 6 nitrogen and oxygen atoms in total. The third-order valence-corrected chi connectivity index (χ3v) is 5.79. The fraction of sp³-hybridized carbons (Fsp3) is 0.391. The van der Waals surface area contributed by atoms with Gasteiger partial charge in [0.05, 0.1) is 13.7 Å². The summed E-state index contributed by atoms with van der Waals surface area (Å²) in [6.45, 7) is 1.94. The van der Waals surface area contributed by atoms with Crippen molar-refractivity contribution in [3.8, 4) is 5.75 Å². The number of carbonyl (C=O) groups excluding carboxylic acids is 2. The van der Waals surface area contributed by atoms with E-state index in [4.69, 9.17) is 4.74 Å².